The van der Waals surface area contributed by atoms with Gasteiger partial charge in [-0.05, 0) is 38.4 Å². The highest BCUT2D eigenvalue weighted by molar-refractivity contribution is 6.31. The van der Waals surface area contributed by atoms with E-state index in [4.69, 9.17) is 60.7 Å². The first-order valence-electron chi connectivity index (χ1n) is 13.0. The number of likely N-dealkylation sites (N-methyl/N-ethyl adjacent to an activating group) is 1. The molecule has 0 aliphatic carbocycles. The quantitative estimate of drug-likeness (QED) is 0.150. The fourth-order valence-corrected chi connectivity index (χ4v) is 3.60. The molecule has 1 saturated heterocycles. The molecule has 18 heteroatoms. The van der Waals surface area contributed by atoms with Crippen molar-refractivity contribution in [1.29, 1.82) is 0 Å². The zero-order chi connectivity index (χ0) is 34.4. The van der Waals surface area contributed by atoms with E-state index in [9.17, 15) is 9.18 Å². The molecule has 1 aliphatic heterocycles. The molecule has 0 unspecified atom stereocenters. The number of ether oxygens (including phenoxy) is 2. The average Bonchev–Trinajstić information content (AvgIpc) is 3.49. The number of aliphatic carboxylic acids is 4. The van der Waals surface area contributed by atoms with E-state index in [1.54, 1.807) is 24.3 Å². The molecule has 4 rings (SSSR count). The fraction of sp³-hybridized carbons (Fsp3) is 0.250. The minimum Gasteiger partial charge on any atom is -0.486 e. The number of rotatable bonds is 8. The van der Waals surface area contributed by atoms with Gasteiger partial charge in [0.25, 0.3) is 0 Å². The molecule has 3 aromatic rings. The van der Waals surface area contributed by atoms with Gasteiger partial charge in [-0.15, -0.1) is 0 Å². The maximum atomic E-state index is 13.6. The van der Waals surface area contributed by atoms with Crippen molar-refractivity contribution in [1.82, 2.24) is 14.9 Å². The summed E-state index contributed by atoms with van der Waals surface area (Å²) in [5.74, 6) is -7.13. The summed E-state index contributed by atoms with van der Waals surface area (Å²) in [4.78, 5) is 59.6. The Labute approximate surface area is 265 Å². The molecular weight excluding hydrogens is 637 g/mol. The first kappa shape index (κ1) is 36.8. The maximum Gasteiger partial charge on any atom is 0.414 e. The summed E-state index contributed by atoms with van der Waals surface area (Å²) in [7, 11) is 3.84. The molecule has 6 N–H and O–H groups in total. The van der Waals surface area contributed by atoms with Crippen molar-refractivity contribution in [3.05, 3.63) is 59.7 Å². The van der Waals surface area contributed by atoms with Crippen molar-refractivity contribution >= 4 is 69.5 Å². The minimum absolute atomic E-state index is 0.00436. The predicted octanol–water partition coefficient (Wildman–Crippen LogP) is 2.70. The molecule has 2 aromatic carbocycles. The number of carbonyl (C=O) groups excluding carboxylic acids is 1. The average molecular weight is 666 g/mol. The van der Waals surface area contributed by atoms with Crippen molar-refractivity contribution < 1.29 is 58.3 Å². The number of halogens is 2. The second kappa shape index (κ2) is 17.8. The molecule has 16 nitrogen and oxygen atoms in total. The maximum absolute atomic E-state index is 13.6. The second-order valence-electron chi connectivity index (χ2n) is 9.32. The van der Waals surface area contributed by atoms with Crippen molar-refractivity contribution in [3.8, 4) is 5.75 Å². The summed E-state index contributed by atoms with van der Waals surface area (Å²) in [6.07, 6.45) is 5.32. The number of amides is 1. The Morgan fingerprint density at radius 1 is 1.04 bits per heavy atom. The number of carbonyl (C=O) groups is 5. The van der Waals surface area contributed by atoms with Crippen LogP contribution in [0.1, 0.15) is 6.42 Å². The van der Waals surface area contributed by atoms with Gasteiger partial charge >= 0.3 is 23.9 Å². The van der Waals surface area contributed by atoms with Gasteiger partial charge in [-0.2, -0.15) is 0 Å². The first-order valence-corrected chi connectivity index (χ1v) is 13.4. The van der Waals surface area contributed by atoms with Gasteiger partial charge in [-0.1, -0.05) is 17.7 Å². The van der Waals surface area contributed by atoms with Crippen LogP contribution in [-0.2, 0) is 28.7 Å². The number of anilines is 3. The van der Waals surface area contributed by atoms with E-state index in [1.165, 1.54) is 24.5 Å². The normalized spacial score (nSPS) is 13.6. The van der Waals surface area contributed by atoms with Crippen LogP contribution < -0.4 is 15.4 Å². The zero-order valence-electron chi connectivity index (χ0n) is 24.3. The smallest absolute Gasteiger partial charge is 0.414 e. The molecule has 0 radical (unpaired) electrons. The molecule has 0 bridgehead atoms. The zero-order valence-corrected chi connectivity index (χ0v) is 25.0. The SMILES string of the molecule is CN(C)C/C=C/C(=O)Nc1cc2c(Nc3ccc(F)c(Cl)c3)ncnc2cc1O[C@H]1CCOC1.O=C(O)C(=O)O.O=C(O)C(=O)O. The third-order valence-corrected chi connectivity index (χ3v) is 5.75. The van der Waals surface area contributed by atoms with E-state index in [0.717, 1.165) is 6.42 Å². The Bertz CT molecular complexity index is 1570. The molecule has 1 aromatic heterocycles. The fourth-order valence-electron chi connectivity index (χ4n) is 3.42. The molecule has 246 valence electrons. The number of benzene rings is 2. The Morgan fingerprint density at radius 2 is 1.70 bits per heavy atom. The lowest BCUT2D eigenvalue weighted by Gasteiger charge is -2.17. The van der Waals surface area contributed by atoms with Crippen LogP contribution in [0.5, 0.6) is 5.75 Å². The van der Waals surface area contributed by atoms with E-state index in [2.05, 4.69) is 20.6 Å². The lowest BCUT2D eigenvalue weighted by atomic mass is 10.1. The molecule has 2 heterocycles. The van der Waals surface area contributed by atoms with Crippen molar-refractivity contribution in [2.24, 2.45) is 0 Å². The van der Waals surface area contributed by atoms with Gasteiger partial charge < -0.3 is 45.4 Å². The number of nitrogens with zero attached hydrogens (tertiary/aromatic N) is 3. The van der Waals surface area contributed by atoms with Crippen LogP contribution in [0, 0.1) is 5.82 Å². The van der Waals surface area contributed by atoms with Crippen LogP contribution >= 0.6 is 11.6 Å². The van der Waals surface area contributed by atoms with E-state index < -0.39 is 29.7 Å². The number of fused-ring (bicyclic) bond motifs is 1. The van der Waals surface area contributed by atoms with Crippen LogP contribution in [0.15, 0.2) is 48.8 Å². The lowest BCUT2D eigenvalue weighted by Crippen LogP contribution is -2.18. The van der Waals surface area contributed by atoms with Crippen molar-refractivity contribution in [3.63, 3.8) is 0 Å². The van der Waals surface area contributed by atoms with Gasteiger partial charge in [0.05, 0.1) is 29.4 Å². The number of hydrogen-bond donors (Lipinski definition) is 6. The highest BCUT2D eigenvalue weighted by atomic mass is 35.5. The van der Waals surface area contributed by atoms with Gasteiger partial charge in [0, 0.05) is 36.2 Å². The number of hydrogen-bond acceptors (Lipinski definition) is 11. The summed E-state index contributed by atoms with van der Waals surface area (Å²) < 4.78 is 25.1. The van der Waals surface area contributed by atoms with Gasteiger partial charge in [0.1, 0.15) is 29.8 Å². The first-order chi connectivity index (χ1) is 21.7. The summed E-state index contributed by atoms with van der Waals surface area (Å²) in [5, 5.41) is 36.2. The van der Waals surface area contributed by atoms with Crippen LogP contribution in [0.25, 0.3) is 10.9 Å². The van der Waals surface area contributed by atoms with Gasteiger partial charge in [0.15, 0.2) is 0 Å². The Kier molecular flexibility index (Phi) is 14.2. The van der Waals surface area contributed by atoms with E-state index in [-0.39, 0.29) is 17.0 Å². The lowest BCUT2D eigenvalue weighted by molar-refractivity contribution is -0.159. The highest BCUT2D eigenvalue weighted by Crippen LogP contribution is 2.35. The van der Waals surface area contributed by atoms with E-state index in [0.29, 0.717) is 53.6 Å². The second-order valence-corrected chi connectivity index (χ2v) is 9.73. The number of carboxylic acid groups (broad SMARTS) is 4. The van der Waals surface area contributed by atoms with Crippen LogP contribution in [0.4, 0.5) is 21.6 Å². The molecule has 46 heavy (non-hydrogen) atoms. The molecular formula is C28H29ClFN5O11. The summed E-state index contributed by atoms with van der Waals surface area (Å²) in [6.45, 7) is 1.75. The largest absolute Gasteiger partial charge is 0.486 e. The molecule has 1 amide bonds. The third kappa shape index (κ3) is 12.3. The molecule has 0 spiro atoms. The third-order valence-electron chi connectivity index (χ3n) is 5.46. The summed E-state index contributed by atoms with van der Waals surface area (Å²) in [6, 6.07) is 7.82. The molecule has 1 atom stereocenters. The molecule has 1 aliphatic rings. The number of aromatic nitrogens is 2. The number of nitrogens with one attached hydrogen (secondary N) is 2. The Morgan fingerprint density at radius 3 is 2.24 bits per heavy atom. The predicted molar refractivity (Wildman–Crippen MR) is 161 cm³/mol. The topological polar surface area (TPSA) is 238 Å². The van der Waals surface area contributed by atoms with Crippen molar-refractivity contribution in [2.75, 3.05) is 44.5 Å². The molecule has 0 saturated carbocycles. The van der Waals surface area contributed by atoms with E-state index in [1.807, 2.05) is 19.0 Å². The minimum atomic E-state index is -1.82. The van der Waals surface area contributed by atoms with Gasteiger partial charge in [-0.25, -0.2) is 33.5 Å². The summed E-state index contributed by atoms with van der Waals surface area (Å²) >= 11 is 5.91. The Balaban J connectivity index is 0.000000522. The van der Waals surface area contributed by atoms with Gasteiger partial charge in [0.2, 0.25) is 5.91 Å². The summed E-state index contributed by atoms with van der Waals surface area (Å²) in [5.41, 5.74) is 1.65. The van der Waals surface area contributed by atoms with Crippen molar-refractivity contribution in [2.45, 2.75) is 12.5 Å². The van der Waals surface area contributed by atoms with Crippen LogP contribution in [0.3, 0.4) is 0 Å². The van der Waals surface area contributed by atoms with Crippen LogP contribution in [-0.4, -0.2) is 105 Å². The Hall–Kier alpha value is -5.39. The van der Waals surface area contributed by atoms with Crippen LogP contribution in [0.2, 0.25) is 5.02 Å². The monoisotopic (exact) mass is 665 g/mol. The molecule has 1 fully saturated rings. The highest BCUT2D eigenvalue weighted by Gasteiger charge is 2.21. The van der Waals surface area contributed by atoms with E-state index >= 15 is 0 Å². The van der Waals surface area contributed by atoms with Gasteiger partial charge in [-0.3, -0.25) is 4.79 Å². The standard InChI is InChI=1S/C24H25ClFN5O3.2C2H2O4/c1-31(2)8-3-4-23(32)30-21-11-17-20(12-22(21)34-16-7-9-33-13-16)27-14-28-24(17)29-15-5-6-19(26)18(25)10-15;2*3-1(4)2(5)6/h3-6,10-12,14,16H,7-9,13H2,1-2H3,(H,30,32)(H,27,28,29);2*(H,3,4)(H,5,6)/b4-3+;;/t16-;;/m0../s1. The number of carboxylic acids is 4.